The Kier molecular flexibility index (Phi) is 7.63. The third kappa shape index (κ3) is 8.38. The fourth-order valence-corrected chi connectivity index (χ4v) is 3.90. The molecule has 0 saturated carbocycles. The van der Waals surface area contributed by atoms with Crippen molar-refractivity contribution in [1.82, 2.24) is 0 Å². The van der Waals surface area contributed by atoms with Crippen molar-refractivity contribution in [3.05, 3.63) is 12.2 Å². The molecule has 0 aliphatic rings. The fraction of sp³-hybridized carbons (Fsp3) is 0.750. The average molecular weight is 309 g/mol. The zero-order valence-electron chi connectivity index (χ0n) is 8.60. The van der Waals surface area contributed by atoms with Crippen LogP contribution in [0.4, 0.5) is 0 Å². The Labute approximate surface area is 106 Å². The predicted octanol–water partition coefficient (Wildman–Crippen LogP) is 0.850. The van der Waals surface area contributed by atoms with E-state index in [1.807, 2.05) is 0 Å². The molecule has 0 unspecified atom stereocenters. The molecule has 0 aromatic heterocycles. The van der Waals surface area contributed by atoms with Crippen molar-refractivity contribution in [2.45, 2.75) is 0 Å². The van der Waals surface area contributed by atoms with Crippen LogP contribution in [0.1, 0.15) is 0 Å². The van der Waals surface area contributed by atoms with Gasteiger partial charge in [-0.15, -0.1) is 23.2 Å². The topological polar surface area (TPSA) is 68.3 Å². The maximum Gasteiger partial charge on any atom is 0.155 e. The summed E-state index contributed by atoms with van der Waals surface area (Å²) in [6.45, 7) is 0. The molecule has 0 fully saturated rings. The van der Waals surface area contributed by atoms with Gasteiger partial charge in [0.1, 0.15) is 0 Å². The second kappa shape index (κ2) is 7.53. The van der Waals surface area contributed by atoms with Crippen molar-refractivity contribution in [3.63, 3.8) is 0 Å². The Hall–Kier alpha value is 0.220. The van der Waals surface area contributed by atoms with E-state index >= 15 is 0 Å². The molecule has 0 aromatic carbocycles. The Morgan fingerprint density at radius 2 is 1.06 bits per heavy atom. The van der Waals surface area contributed by atoms with Gasteiger partial charge in [0.25, 0.3) is 0 Å². The quantitative estimate of drug-likeness (QED) is 0.492. The van der Waals surface area contributed by atoms with Crippen LogP contribution in [-0.2, 0) is 19.7 Å². The van der Waals surface area contributed by atoms with Crippen LogP contribution in [-0.4, -0.2) is 51.6 Å². The lowest BCUT2D eigenvalue weighted by Crippen LogP contribution is -2.12. The van der Waals surface area contributed by atoms with Crippen LogP contribution in [0.5, 0.6) is 0 Å². The van der Waals surface area contributed by atoms with Crippen LogP contribution < -0.4 is 0 Å². The summed E-state index contributed by atoms with van der Waals surface area (Å²) in [7, 11) is -6.40. The molecule has 0 aliphatic carbocycles. The summed E-state index contributed by atoms with van der Waals surface area (Å²) in [4.78, 5) is 0. The van der Waals surface area contributed by atoms with Gasteiger partial charge in [-0.1, -0.05) is 12.2 Å². The van der Waals surface area contributed by atoms with E-state index in [1.165, 1.54) is 12.2 Å². The lowest BCUT2D eigenvalue weighted by molar-refractivity contribution is 0.598. The monoisotopic (exact) mass is 308 g/mol. The molecule has 0 aliphatic heterocycles. The van der Waals surface area contributed by atoms with Crippen LogP contribution in [0.25, 0.3) is 0 Å². The summed E-state index contributed by atoms with van der Waals surface area (Å²) in [5.41, 5.74) is 0. The minimum Gasteiger partial charge on any atom is -0.228 e. The van der Waals surface area contributed by atoms with E-state index in [0.717, 1.165) is 0 Å². The van der Waals surface area contributed by atoms with Gasteiger partial charge in [0.2, 0.25) is 0 Å². The van der Waals surface area contributed by atoms with Gasteiger partial charge >= 0.3 is 0 Å². The van der Waals surface area contributed by atoms with E-state index in [1.54, 1.807) is 0 Å². The molecule has 0 amide bonds. The molecule has 0 rings (SSSR count). The van der Waals surface area contributed by atoms with Crippen molar-refractivity contribution >= 4 is 42.9 Å². The number of hydrogen-bond acceptors (Lipinski definition) is 4. The molecular formula is C8H14Cl2O4S2. The number of rotatable bonds is 8. The SMILES string of the molecule is O=S(=O)(CC=CCS(=O)(=O)CCCl)CCCl. The fourth-order valence-electron chi connectivity index (χ4n) is 0.831. The second-order valence-corrected chi connectivity index (χ2v) is 8.29. The first-order valence-electron chi connectivity index (χ1n) is 4.51. The van der Waals surface area contributed by atoms with Gasteiger partial charge in [0, 0.05) is 11.8 Å². The molecule has 0 atom stereocenters. The predicted molar refractivity (Wildman–Crippen MR) is 67.9 cm³/mol. The third-order valence-electron chi connectivity index (χ3n) is 1.64. The van der Waals surface area contributed by atoms with Crippen LogP contribution in [0.3, 0.4) is 0 Å². The number of sulfone groups is 2. The Morgan fingerprint density at radius 1 is 0.750 bits per heavy atom. The molecule has 0 saturated heterocycles. The van der Waals surface area contributed by atoms with Crippen molar-refractivity contribution in [2.24, 2.45) is 0 Å². The highest BCUT2D eigenvalue weighted by atomic mass is 35.5. The number of halogens is 2. The van der Waals surface area contributed by atoms with Gasteiger partial charge in [0.05, 0.1) is 23.0 Å². The highest BCUT2D eigenvalue weighted by Crippen LogP contribution is 1.96. The summed E-state index contributed by atoms with van der Waals surface area (Å²) in [6.07, 6.45) is 2.65. The molecule has 0 heterocycles. The lowest BCUT2D eigenvalue weighted by atomic mass is 10.6. The van der Waals surface area contributed by atoms with E-state index in [9.17, 15) is 16.8 Å². The van der Waals surface area contributed by atoms with Crippen LogP contribution >= 0.6 is 23.2 Å². The third-order valence-corrected chi connectivity index (χ3v) is 5.52. The first-order valence-corrected chi connectivity index (χ1v) is 9.22. The summed E-state index contributed by atoms with van der Waals surface area (Å²) >= 11 is 10.6. The number of hydrogen-bond donors (Lipinski definition) is 0. The minimum atomic E-state index is -3.20. The first kappa shape index (κ1) is 16.2. The van der Waals surface area contributed by atoms with Gasteiger partial charge in [-0.2, -0.15) is 0 Å². The van der Waals surface area contributed by atoms with Crippen LogP contribution in [0.15, 0.2) is 12.2 Å². The van der Waals surface area contributed by atoms with Gasteiger partial charge < -0.3 is 0 Å². The lowest BCUT2D eigenvalue weighted by Gasteiger charge is -1.98. The van der Waals surface area contributed by atoms with Crippen LogP contribution in [0, 0.1) is 0 Å². The minimum absolute atomic E-state index is 0.0424. The molecule has 16 heavy (non-hydrogen) atoms. The van der Waals surface area contributed by atoms with E-state index in [4.69, 9.17) is 23.2 Å². The van der Waals surface area contributed by atoms with Crippen LogP contribution in [0.2, 0.25) is 0 Å². The molecule has 0 radical (unpaired) electrons. The van der Waals surface area contributed by atoms with Gasteiger partial charge in [-0.05, 0) is 0 Å². The van der Waals surface area contributed by atoms with Gasteiger partial charge in [0.15, 0.2) is 19.7 Å². The van der Waals surface area contributed by atoms with E-state index < -0.39 is 19.7 Å². The standard InChI is InChI=1S/C8H14Cl2O4S2/c9-3-7-15(11,12)5-1-2-6-16(13,14)8-4-10/h1-2H,3-8H2. The zero-order chi connectivity index (χ0) is 12.7. The summed E-state index contributed by atoms with van der Waals surface area (Å²) in [5.74, 6) is -0.492. The van der Waals surface area contributed by atoms with E-state index in [2.05, 4.69) is 0 Å². The number of alkyl halides is 2. The largest absolute Gasteiger partial charge is 0.228 e. The van der Waals surface area contributed by atoms with E-state index in [-0.39, 0.29) is 34.8 Å². The zero-order valence-corrected chi connectivity index (χ0v) is 11.7. The molecule has 0 N–H and O–H groups in total. The first-order chi connectivity index (χ1) is 7.33. The molecule has 8 heteroatoms. The molecule has 0 aromatic rings. The highest BCUT2D eigenvalue weighted by Gasteiger charge is 2.09. The van der Waals surface area contributed by atoms with Crippen molar-refractivity contribution in [3.8, 4) is 0 Å². The maximum absolute atomic E-state index is 11.2. The second-order valence-electron chi connectivity index (χ2n) is 3.08. The summed E-state index contributed by atoms with van der Waals surface area (Å²) < 4.78 is 44.7. The maximum atomic E-state index is 11.2. The normalized spacial score (nSPS) is 13.4. The Balaban J connectivity index is 4.14. The molecular weight excluding hydrogens is 295 g/mol. The Bertz CT molecular complexity index is 371. The average Bonchev–Trinajstić information content (AvgIpc) is 2.12. The summed E-state index contributed by atoms with van der Waals surface area (Å²) in [5, 5.41) is 0. The molecule has 96 valence electrons. The van der Waals surface area contributed by atoms with Gasteiger partial charge in [-0.25, -0.2) is 16.8 Å². The van der Waals surface area contributed by atoms with Crippen molar-refractivity contribution in [2.75, 3.05) is 34.8 Å². The highest BCUT2D eigenvalue weighted by molar-refractivity contribution is 7.92. The van der Waals surface area contributed by atoms with E-state index in [0.29, 0.717) is 0 Å². The van der Waals surface area contributed by atoms with Crippen molar-refractivity contribution < 1.29 is 16.8 Å². The molecule has 0 bridgehead atoms. The molecule has 4 nitrogen and oxygen atoms in total. The Morgan fingerprint density at radius 3 is 1.31 bits per heavy atom. The van der Waals surface area contributed by atoms with Gasteiger partial charge in [-0.3, -0.25) is 0 Å². The van der Waals surface area contributed by atoms with Crippen molar-refractivity contribution in [1.29, 1.82) is 0 Å². The molecule has 0 spiro atoms. The summed E-state index contributed by atoms with van der Waals surface area (Å²) in [6, 6.07) is 0. The smallest absolute Gasteiger partial charge is 0.155 e.